The zero-order valence-electron chi connectivity index (χ0n) is 9.97. The molecule has 96 valence electrons. The number of primary amides is 1. The highest BCUT2D eigenvalue weighted by atomic mass is 19.1. The number of hydrogen-bond acceptors (Lipinski definition) is 4. The first kappa shape index (κ1) is 15.3. The summed E-state index contributed by atoms with van der Waals surface area (Å²) in [5, 5.41) is 0. The molecule has 0 atom stereocenters. The summed E-state index contributed by atoms with van der Waals surface area (Å²) in [4.78, 5) is 14.4. The van der Waals surface area contributed by atoms with Gasteiger partial charge in [0.05, 0.1) is 6.20 Å². The van der Waals surface area contributed by atoms with Gasteiger partial charge in [-0.05, 0) is 45.1 Å². The minimum atomic E-state index is -0.362. The Bertz CT molecular complexity index is 278. The number of nitrogens with zero attached hydrogens (tertiary/aromatic N) is 2. The molecule has 0 saturated carbocycles. The molecule has 1 aliphatic heterocycles. The molecular weight excluding hydrogens is 223 g/mol. The van der Waals surface area contributed by atoms with Crippen LogP contribution in [0.5, 0.6) is 0 Å². The molecule has 0 radical (unpaired) electrons. The average molecular weight is 242 g/mol. The maximum atomic E-state index is 12.0. The lowest BCUT2D eigenvalue weighted by molar-refractivity contribution is -0.106. The monoisotopic (exact) mass is 242 g/mol. The standard InChI is InChI=1S/C5H5FN2.C5H11N.CH3NO/c6-4-1-2-5(7)8-3-4;1-6-4-2-3-5-6;2-1-3/h1-3H,(H2,7,8);2-5H2,1H3;1H,(H2,2,3). The Kier molecular flexibility index (Phi) is 8.58. The van der Waals surface area contributed by atoms with Gasteiger partial charge in [0, 0.05) is 0 Å². The average Bonchev–Trinajstić information content (AvgIpc) is 2.76. The van der Waals surface area contributed by atoms with Gasteiger partial charge >= 0.3 is 0 Å². The maximum Gasteiger partial charge on any atom is 0.204 e. The van der Waals surface area contributed by atoms with E-state index in [1.165, 1.54) is 38.1 Å². The summed E-state index contributed by atoms with van der Waals surface area (Å²) in [7, 11) is 2.17. The highest BCUT2D eigenvalue weighted by Gasteiger charge is 2.03. The van der Waals surface area contributed by atoms with Crippen LogP contribution < -0.4 is 11.5 Å². The van der Waals surface area contributed by atoms with Crippen LogP contribution in [0.4, 0.5) is 10.2 Å². The van der Waals surface area contributed by atoms with E-state index in [9.17, 15) is 4.39 Å². The number of rotatable bonds is 0. The van der Waals surface area contributed by atoms with Crippen molar-refractivity contribution in [2.24, 2.45) is 5.73 Å². The molecule has 2 rings (SSSR count). The molecule has 1 fully saturated rings. The van der Waals surface area contributed by atoms with Crippen molar-refractivity contribution in [3.05, 3.63) is 24.1 Å². The smallest absolute Gasteiger partial charge is 0.204 e. The van der Waals surface area contributed by atoms with Gasteiger partial charge in [0.1, 0.15) is 11.6 Å². The molecule has 1 aliphatic rings. The number of likely N-dealkylation sites (tertiary alicyclic amines) is 1. The van der Waals surface area contributed by atoms with Crippen molar-refractivity contribution >= 4 is 12.2 Å². The van der Waals surface area contributed by atoms with Crippen LogP contribution >= 0.6 is 0 Å². The molecule has 1 saturated heterocycles. The van der Waals surface area contributed by atoms with Crippen molar-refractivity contribution in [1.82, 2.24) is 9.88 Å². The number of pyridine rings is 1. The second-order valence-corrected chi connectivity index (χ2v) is 3.55. The SMILES string of the molecule is CN1CCCC1.NC=O.Nc1ccc(F)cn1. The van der Waals surface area contributed by atoms with Crippen LogP contribution in [0.3, 0.4) is 0 Å². The topological polar surface area (TPSA) is 85.2 Å². The number of nitrogens with two attached hydrogens (primary N) is 2. The van der Waals surface area contributed by atoms with Crippen LogP contribution in [0, 0.1) is 5.82 Å². The molecule has 0 bridgehead atoms. The number of aromatic nitrogens is 1. The lowest BCUT2D eigenvalue weighted by atomic mass is 10.4. The molecule has 1 aromatic heterocycles. The molecule has 4 N–H and O–H groups in total. The number of carbonyl (C=O) groups excluding carboxylic acids is 1. The summed E-state index contributed by atoms with van der Waals surface area (Å²) in [6.45, 7) is 2.64. The summed E-state index contributed by atoms with van der Waals surface area (Å²) in [6.07, 6.45) is 4.16. The van der Waals surface area contributed by atoms with Crippen LogP contribution in [0.1, 0.15) is 12.8 Å². The number of amides is 1. The highest BCUT2D eigenvalue weighted by Crippen LogP contribution is 2.02. The van der Waals surface area contributed by atoms with E-state index in [4.69, 9.17) is 10.5 Å². The first-order chi connectivity index (χ1) is 8.10. The third kappa shape index (κ3) is 9.25. The Balaban J connectivity index is 0.000000252. The van der Waals surface area contributed by atoms with E-state index in [1.807, 2.05) is 0 Å². The third-order valence-electron chi connectivity index (χ3n) is 2.08. The molecule has 17 heavy (non-hydrogen) atoms. The van der Waals surface area contributed by atoms with E-state index in [1.54, 1.807) is 0 Å². The summed E-state index contributed by atoms with van der Waals surface area (Å²) in [6, 6.07) is 2.68. The number of anilines is 1. The normalized spacial score (nSPS) is 14.0. The lowest BCUT2D eigenvalue weighted by Crippen LogP contribution is -2.10. The Labute approximate surface area is 101 Å². The molecule has 1 amide bonds. The minimum Gasteiger partial charge on any atom is -0.384 e. The fraction of sp³-hybridized carbons (Fsp3) is 0.455. The van der Waals surface area contributed by atoms with Crippen molar-refractivity contribution < 1.29 is 9.18 Å². The van der Waals surface area contributed by atoms with Crippen molar-refractivity contribution in [2.75, 3.05) is 25.9 Å². The zero-order chi connectivity index (χ0) is 13.1. The van der Waals surface area contributed by atoms with Crippen LogP contribution in [0.15, 0.2) is 18.3 Å². The number of hydrogen-bond donors (Lipinski definition) is 2. The van der Waals surface area contributed by atoms with E-state index in [-0.39, 0.29) is 12.2 Å². The predicted octanol–water partition coefficient (Wildman–Crippen LogP) is 0.616. The first-order valence-electron chi connectivity index (χ1n) is 5.31. The van der Waals surface area contributed by atoms with E-state index >= 15 is 0 Å². The quantitative estimate of drug-likeness (QED) is 0.653. The zero-order valence-corrected chi connectivity index (χ0v) is 9.97. The Hall–Kier alpha value is -1.69. The predicted molar refractivity (Wildman–Crippen MR) is 65.6 cm³/mol. The molecule has 0 aromatic carbocycles. The molecule has 5 nitrogen and oxygen atoms in total. The summed E-state index contributed by atoms with van der Waals surface area (Å²) in [5.41, 5.74) is 9.32. The fourth-order valence-corrected chi connectivity index (χ4v) is 1.26. The Morgan fingerprint density at radius 1 is 1.41 bits per heavy atom. The van der Waals surface area contributed by atoms with Gasteiger partial charge < -0.3 is 16.4 Å². The van der Waals surface area contributed by atoms with E-state index < -0.39 is 0 Å². The van der Waals surface area contributed by atoms with E-state index in [2.05, 4.69) is 22.7 Å². The Morgan fingerprint density at radius 2 is 1.94 bits per heavy atom. The molecule has 6 heteroatoms. The minimum absolute atomic E-state index is 0.250. The van der Waals surface area contributed by atoms with Crippen molar-refractivity contribution in [3.63, 3.8) is 0 Å². The summed E-state index contributed by atoms with van der Waals surface area (Å²) >= 11 is 0. The van der Waals surface area contributed by atoms with Crippen molar-refractivity contribution in [1.29, 1.82) is 0 Å². The van der Waals surface area contributed by atoms with Gasteiger partial charge in [-0.3, -0.25) is 4.79 Å². The first-order valence-corrected chi connectivity index (χ1v) is 5.31. The largest absolute Gasteiger partial charge is 0.384 e. The van der Waals surface area contributed by atoms with Gasteiger partial charge in [0.2, 0.25) is 6.41 Å². The number of nitrogen functional groups attached to an aromatic ring is 1. The molecule has 0 unspecified atom stereocenters. The molecular formula is C11H19FN4O. The van der Waals surface area contributed by atoms with E-state index in [0.717, 1.165) is 6.20 Å². The molecule has 0 aliphatic carbocycles. The van der Waals surface area contributed by atoms with Crippen molar-refractivity contribution in [3.8, 4) is 0 Å². The van der Waals surface area contributed by atoms with Gasteiger partial charge in [-0.1, -0.05) is 0 Å². The maximum absolute atomic E-state index is 12.0. The third-order valence-corrected chi connectivity index (χ3v) is 2.08. The second-order valence-electron chi connectivity index (χ2n) is 3.55. The van der Waals surface area contributed by atoms with Gasteiger partial charge in [-0.25, -0.2) is 9.37 Å². The highest BCUT2D eigenvalue weighted by molar-refractivity contribution is 5.42. The Morgan fingerprint density at radius 3 is 2.18 bits per heavy atom. The van der Waals surface area contributed by atoms with E-state index in [0.29, 0.717) is 5.82 Å². The summed E-state index contributed by atoms with van der Waals surface area (Å²) in [5.74, 6) is -0.0226. The number of halogens is 1. The fourth-order valence-electron chi connectivity index (χ4n) is 1.26. The van der Waals surface area contributed by atoms with Gasteiger partial charge in [-0.2, -0.15) is 0 Å². The van der Waals surface area contributed by atoms with Crippen molar-refractivity contribution in [2.45, 2.75) is 12.8 Å². The molecule has 1 aromatic rings. The van der Waals surface area contributed by atoms with Crippen LogP contribution in [-0.2, 0) is 4.79 Å². The molecule has 0 spiro atoms. The number of carbonyl (C=O) groups is 1. The molecule has 2 heterocycles. The summed E-state index contributed by atoms with van der Waals surface area (Å²) < 4.78 is 12.0. The van der Waals surface area contributed by atoms with Gasteiger partial charge in [0.25, 0.3) is 0 Å². The second kappa shape index (κ2) is 9.53. The van der Waals surface area contributed by atoms with Crippen LogP contribution in [0.25, 0.3) is 0 Å². The van der Waals surface area contributed by atoms with Gasteiger partial charge in [-0.15, -0.1) is 0 Å². The van der Waals surface area contributed by atoms with Crippen LogP contribution in [-0.4, -0.2) is 36.4 Å². The lowest BCUT2D eigenvalue weighted by Gasteiger charge is -2.01. The van der Waals surface area contributed by atoms with Gasteiger partial charge in [0.15, 0.2) is 0 Å². The van der Waals surface area contributed by atoms with Crippen LogP contribution in [0.2, 0.25) is 0 Å².